The molecule has 0 radical (unpaired) electrons. The minimum atomic E-state index is -0.755. The van der Waals surface area contributed by atoms with Crippen LogP contribution in [0, 0.1) is 20.2 Å². The van der Waals surface area contributed by atoms with Crippen LogP contribution in [0.2, 0.25) is 0 Å². The second-order valence-electron chi connectivity index (χ2n) is 4.59. The molecule has 0 spiro atoms. The van der Waals surface area contributed by atoms with Crippen molar-refractivity contribution in [1.29, 1.82) is 0 Å². The van der Waals surface area contributed by atoms with E-state index in [0.717, 1.165) is 12.1 Å². The van der Waals surface area contributed by atoms with Gasteiger partial charge >= 0.3 is 5.69 Å². The molecule has 0 unspecified atom stereocenters. The maximum absolute atomic E-state index is 11.0. The minimum absolute atomic E-state index is 0.0584. The molecule has 0 fully saturated rings. The summed E-state index contributed by atoms with van der Waals surface area (Å²) in [7, 11) is 0. The highest BCUT2D eigenvalue weighted by molar-refractivity contribution is 5.53. The van der Waals surface area contributed by atoms with E-state index in [9.17, 15) is 30.4 Å². The molecule has 2 aromatic carbocycles. The number of ether oxygens (including phenoxy) is 1. The van der Waals surface area contributed by atoms with Crippen molar-refractivity contribution in [2.45, 2.75) is 6.42 Å². The van der Waals surface area contributed by atoms with Gasteiger partial charge in [-0.2, -0.15) is 0 Å². The van der Waals surface area contributed by atoms with Crippen molar-refractivity contribution in [3.8, 4) is 17.2 Å². The van der Waals surface area contributed by atoms with E-state index in [-0.39, 0.29) is 23.9 Å². The van der Waals surface area contributed by atoms with Gasteiger partial charge in [-0.25, -0.2) is 0 Å². The number of phenols is 2. The molecule has 9 nitrogen and oxygen atoms in total. The standard InChI is InChI=1S/C14H12N2O7/c17-12-3-1-9(7-13(12)18)5-6-23-14-4-2-10(15(19)20)8-11(14)16(21)22/h1-4,7-8,17-18H,5-6H2. The van der Waals surface area contributed by atoms with Gasteiger partial charge in [0.25, 0.3) is 5.69 Å². The van der Waals surface area contributed by atoms with Crippen molar-refractivity contribution in [3.05, 3.63) is 62.2 Å². The molecule has 2 rings (SSSR count). The summed E-state index contributed by atoms with van der Waals surface area (Å²) in [5.74, 6) is -0.604. The summed E-state index contributed by atoms with van der Waals surface area (Å²) in [5, 5.41) is 40.2. The number of benzene rings is 2. The molecular formula is C14H12N2O7. The van der Waals surface area contributed by atoms with Gasteiger partial charge in [0, 0.05) is 12.5 Å². The fraction of sp³-hybridized carbons (Fsp3) is 0.143. The molecule has 0 bridgehead atoms. The molecule has 0 aromatic heterocycles. The predicted octanol–water partition coefficient (Wildman–Crippen LogP) is 2.54. The molecule has 0 amide bonds. The van der Waals surface area contributed by atoms with E-state index in [0.29, 0.717) is 12.0 Å². The van der Waals surface area contributed by atoms with E-state index in [1.54, 1.807) is 6.07 Å². The van der Waals surface area contributed by atoms with Crippen molar-refractivity contribution in [1.82, 2.24) is 0 Å². The lowest BCUT2D eigenvalue weighted by atomic mass is 10.1. The van der Waals surface area contributed by atoms with E-state index >= 15 is 0 Å². The topological polar surface area (TPSA) is 136 Å². The smallest absolute Gasteiger partial charge is 0.317 e. The lowest BCUT2D eigenvalue weighted by Gasteiger charge is -2.07. The Labute approximate surface area is 129 Å². The number of nitro groups is 2. The third-order valence-corrected chi connectivity index (χ3v) is 3.04. The maximum atomic E-state index is 11.0. The Balaban J connectivity index is 2.09. The van der Waals surface area contributed by atoms with Gasteiger partial charge in [-0.1, -0.05) is 6.07 Å². The molecular weight excluding hydrogens is 308 g/mol. The largest absolute Gasteiger partial charge is 0.504 e. The lowest BCUT2D eigenvalue weighted by Crippen LogP contribution is -2.04. The van der Waals surface area contributed by atoms with Crippen molar-refractivity contribution >= 4 is 11.4 Å². The van der Waals surface area contributed by atoms with Gasteiger partial charge < -0.3 is 14.9 Å². The van der Waals surface area contributed by atoms with Crippen LogP contribution in [-0.2, 0) is 6.42 Å². The summed E-state index contributed by atoms with van der Waals surface area (Å²) in [6.07, 6.45) is 0.321. The molecule has 0 heterocycles. The van der Waals surface area contributed by atoms with Crippen LogP contribution in [0.25, 0.3) is 0 Å². The van der Waals surface area contributed by atoms with Crippen LogP contribution in [0.15, 0.2) is 36.4 Å². The summed E-state index contributed by atoms with van der Waals surface area (Å²) >= 11 is 0. The van der Waals surface area contributed by atoms with Crippen LogP contribution in [0.5, 0.6) is 17.2 Å². The molecule has 0 aliphatic heterocycles. The van der Waals surface area contributed by atoms with Gasteiger partial charge in [-0.05, 0) is 23.8 Å². The number of hydrogen-bond donors (Lipinski definition) is 2. The quantitative estimate of drug-likeness (QED) is 0.474. The first-order chi connectivity index (χ1) is 10.9. The Morgan fingerprint density at radius 1 is 0.957 bits per heavy atom. The molecule has 2 N–H and O–H groups in total. The number of nitro benzene ring substituents is 2. The molecule has 0 saturated carbocycles. The zero-order valence-electron chi connectivity index (χ0n) is 11.7. The molecule has 0 atom stereocenters. The zero-order valence-corrected chi connectivity index (χ0v) is 11.7. The van der Waals surface area contributed by atoms with E-state index in [4.69, 9.17) is 4.74 Å². The average molecular weight is 320 g/mol. The number of nitrogens with zero attached hydrogens (tertiary/aromatic N) is 2. The third-order valence-electron chi connectivity index (χ3n) is 3.04. The number of hydrogen-bond acceptors (Lipinski definition) is 7. The van der Waals surface area contributed by atoms with Crippen LogP contribution in [-0.4, -0.2) is 26.7 Å². The van der Waals surface area contributed by atoms with Crippen molar-refractivity contribution in [2.24, 2.45) is 0 Å². The lowest BCUT2D eigenvalue weighted by molar-refractivity contribution is -0.394. The second kappa shape index (κ2) is 6.60. The predicted molar refractivity (Wildman–Crippen MR) is 78.7 cm³/mol. The SMILES string of the molecule is O=[N+]([O-])c1ccc(OCCc2ccc(O)c(O)c2)c([N+](=O)[O-])c1. The number of phenolic OH excluding ortho intramolecular Hbond substituents is 2. The second-order valence-corrected chi connectivity index (χ2v) is 4.59. The van der Waals surface area contributed by atoms with Gasteiger partial charge in [0.15, 0.2) is 17.2 Å². The Hall–Kier alpha value is -3.36. The summed E-state index contributed by atoms with van der Waals surface area (Å²) in [6, 6.07) is 7.37. The monoisotopic (exact) mass is 320 g/mol. The fourth-order valence-corrected chi connectivity index (χ4v) is 1.89. The van der Waals surface area contributed by atoms with E-state index in [1.807, 2.05) is 0 Å². The Kier molecular flexibility index (Phi) is 4.60. The van der Waals surface area contributed by atoms with Gasteiger partial charge in [0.1, 0.15) is 0 Å². The van der Waals surface area contributed by atoms with Crippen LogP contribution in [0.1, 0.15) is 5.56 Å². The molecule has 9 heteroatoms. The summed E-state index contributed by atoms with van der Waals surface area (Å²) in [6.45, 7) is 0.0584. The molecule has 120 valence electrons. The highest BCUT2D eigenvalue weighted by atomic mass is 16.6. The summed E-state index contributed by atoms with van der Waals surface area (Å²) < 4.78 is 5.30. The number of aromatic hydroxyl groups is 2. The van der Waals surface area contributed by atoms with E-state index < -0.39 is 21.2 Å². The van der Waals surface area contributed by atoms with Crippen LogP contribution < -0.4 is 4.74 Å². The van der Waals surface area contributed by atoms with E-state index in [1.165, 1.54) is 18.2 Å². The van der Waals surface area contributed by atoms with Crippen LogP contribution in [0.3, 0.4) is 0 Å². The first kappa shape index (κ1) is 16.0. The minimum Gasteiger partial charge on any atom is -0.504 e. The molecule has 0 aliphatic carbocycles. The molecule has 0 aliphatic rings. The van der Waals surface area contributed by atoms with Crippen LogP contribution >= 0.6 is 0 Å². The average Bonchev–Trinajstić information content (AvgIpc) is 2.50. The van der Waals surface area contributed by atoms with Crippen LogP contribution in [0.4, 0.5) is 11.4 Å². The molecule has 0 saturated heterocycles. The molecule has 23 heavy (non-hydrogen) atoms. The summed E-state index contributed by atoms with van der Waals surface area (Å²) in [4.78, 5) is 20.1. The van der Waals surface area contributed by atoms with Gasteiger partial charge in [0.2, 0.25) is 0 Å². The highest BCUT2D eigenvalue weighted by Gasteiger charge is 2.20. The normalized spacial score (nSPS) is 10.3. The van der Waals surface area contributed by atoms with Gasteiger partial charge in [0.05, 0.1) is 22.5 Å². The third kappa shape index (κ3) is 3.84. The first-order valence-corrected chi connectivity index (χ1v) is 6.45. The van der Waals surface area contributed by atoms with E-state index in [2.05, 4.69) is 0 Å². The summed E-state index contributed by atoms with van der Waals surface area (Å²) in [5.41, 5.74) is -0.231. The highest BCUT2D eigenvalue weighted by Crippen LogP contribution is 2.31. The van der Waals surface area contributed by atoms with Gasteiger partial charge in [-0.3, -0.25) is 20.2 Å². The Bertz CT molecular complexity index is 761. The number of non-ortho nitro benzene ring substituents is 1. The Morgan fingerprint density at radius 3 is 2.30 bits per heavy atom. The molecule has 2 aromatic rings. The first-order valence-electron chi connectivity index (χ1n) is 6.45. The van der Waals surface area contributed by atoms with Crippen molar-refractivity contribution < 1.29 is 24.8 Å². The van der Waals surface area contributed by atoms with Crippen molar-refractivity contribution in [2.75, 3.05) is 6.61 Å². The van der Waals surface area contributed by atoms with Crippen molar-refractivity contribution in [3.63, 3.8) is 0 Å². The zero-order chi connectivity index (χ0) is 17.0. The maximum Gasteiger partial charge on any atom is 0.317 e. The van der Waals surface area contributed by atoms with Gasteiger partial charge in [-0.15, -0.1) is 0 Å². The number of rotatable bonds is 6. The fourth-order valence-electron chi connectivity index (χ4n) is 1.89. The Morgan fingerprint density at radius 2 is 1.70 bits per heavy atom.